The summed E-state index contributed by atoms with van der Waals surface area (Å²) in [6.45, 7) is 15.7. The number of likely N-dealkylation sites (tertiary alicyclic amines) is 1. The lowest BCUT2D eigenvalue weighted by molar-refractivity contribution is -0.148. The van der Waals surface area contributed by atoms with Crippen molar-refractivity contribution in [2.75, 3.05) is 32.8 Å². The second-order valence-corrected chi connectivity index (χ2v) is 13.8. The average molecular weight is 582 g/mol. The monoisotopic (exact) mass is 581 g/mol. The first kappa shape index (κ1) is 31.4. The molecule has 4 rings (SSSR count). The summed E-state index contributed by atoms with van der Waals surface area (Å²) in [4.78, 5) is 48.9. The number of nitrogens with zero attached hydrogens (tertiary/aromatic N) is 3. The van der Waals surface area contributed by atoms with E-state index in [4.69, 9.17) is 0 Å². The third kappa shape index (κ3) is 5.50. The molecule has 2 bridgehead atoms. The Bertz CT molecular complexity index is 1130. The summed E-state index contributed by atoms with van der Waals surface area (Å²) < 4.78 is -1.18. The van der Waals surface area contributed by atoms with Crippen LogP contribution in [0.3, 0.4) is 0 Å². The molecular formula is C33H47N3O4S. The number of amides is 3. The quantitative estimate of drug-likeness (QED) is 0.237. The number of aliphatic hydroxyl groups is 1. The van der Waals surface area contributed by atoms with Crippen molar-refractivity contribution in [1.82, 2.24) is 14.7 Å². The highest BCUT2D eigenvalue weighted by atomic mass is 32.2. The minimum Gasteiger partial charge on any atom is -0.394 e. The van der Waals surface area contributed by atoms with Crippen molar-refractivity contribution in [3.05, 3.63) is 61.2 Å². The Hall–Kier alpha value is -2.58. The van der Waals surface area contributed by atoms with Crippen LogP contribution in [0.2, 0.25) is 0 Å². The van der Waals surface area contributed by atoms with Gasteiger partial charge in [0.2, 0.25) is 17.7 Å². The third-order valence-corrected chi connectivity index (χ3v) is 11.2. The highest BCUT2D eigenvalue weighted by molar-refractivity contribution is 8.02. The Morgan fingerprint density at radius 1 is 1.05 bits per heavy atom. The van der Waals surface area contributed by atoms with Gasteiger partial charge in [0.25, 0.3) is 0 Å². The maximum atomic E-state index is 14.7. The van der Waals surface area contributed by atoms with Crippen LogP contribution in [0.25, 0.3) is 0 Å². The average Bonchev–Trinajstić information content (AvgIpc) is 3.54. The standard InChI is InChI=1S/C33H47N3O4S/c1-6-10-14-22-35(21-9-4)31(40)28-33-18-17-32(5,41-33)26(29(38)34(19-7-2)20-8-3)27(33)30(39)36(28)25(23-37)24-15-12-11-13-16-24/h7,9,11-13,15-16,25-28,37H,2,4,6,8,10,14,17-23H2,1,3,5H3/t25-,26-,27+,28?,32+,33?/m1/s1. The van der Waals surface area contributed by atoms with Gasteiger partial charge in [-0.2, -0.15) is 0 Å². The molecule has 0 aromatic heterocycles. The first-order valence-electron chi connectivity index (χ1n) is 15.2. The van der Waals surface area contributed by atoms with Crippen LogP contribution in [-0.4, -0.2) is 85.8 Å². The van der Waals surface area contributed by atoms with E-state index in [9.17, 15) is 19.5 Å². The molecule has 3 aliphatic heterocycles. The summed E-state index contributed by atoms with van der Waals surface area (Å²) in [6.07, 6.45) is 8.64. The summed E-state index contributed by atoms with van der Waals surface area (Å²) in [5, 5.41) is 10.7. The molecule has 6 atom stereocenters. The van der Waals surface area contributed by atoms with Gasteiger partial charge in [-0.25, -0.2) is 0 Å². The van der Waals surface area contributed by atoms with Crippen LogP contribution in [0.5, 0.6) is 0 Å². The highest BCUT2D eigenvalue weighted by Crippen LogP contribution is 2.72. The number of thioether (sulfide) groups is 1. The Balaban J connectivity index is 1.83. The molecule has 3 amide bonds. The van der Waals surface area contributed by atoms with Gasteiger partial charge in [-0.1, -0.05) is 69.2 Å². The van der Waals surface area contributed by atoms with E-state index < -0.39 is 33.4 Å². The largest absolute Gasteiger partial charge is 0.394 e. The zero-order valence-electron chi connectivity index (χ0n) is 25.0. The molecule has 1 spiro atoms. The smallest absolute Gasteiger partial charge is 0.247 e. The highest BCUT2D eigenvalue weighted by Gasteiger charge is 2.78. The van der Waals surface area contributed by atoms with Crippen LogP contribution in [0.4, 0.5) is 0 Å². The van der Waals surface area contributed by atoms with E-state index >= 15 is 0 Å². The van der Waals surface area contributed by atoms with Crippen LogP contribution in [0.1, 0.15) is 70.9 Å². The second kappa shape index (κ2) is 13.2. The van der Waals surface area contributed by atoms with E-state index in [1.165, 1.54) is 0 Å². The summed E-state index contributed by atoms with van der Waals surface area (Å²) in [7, 11) is 0. The predicted octanol–water partition coefficient (Wildman–Crippen LogP) is 4.83. The lowest BCUT2D eigenvalue weighted by Crippen LogP contribution is -2.56. The molecule has 0 saturated carbocycles. The molecule has 3 saturated heterocycles. The summed E-state index contributed by atoms with van der Waals surface area (Å²) in [5.41, 5.74) is 0.784. The summed E-state index contributed by atoms with van der Waals surface area (Å²) in [5.74, 6) is -1.49. The van der Waals surface area contributed by atoms with Gasteiger partial charge in [-0.15, -0.1) is 24.9 Å². The first-order valence-corrected chi connectivity index (χ1v) is 16.0. The number of benzene rings is 1. The van der Waals surface area contributed by atoms with Crippen LogP contribution < -0.4 is 0 Å². The minimum atomic E-state index is -0.775. The lowest BCUT2D eigenvalue weighted by atomic mass is 9.66. The van der Waals surface area contributed by atoms with E-state index in [2.05, 4.69) is 27.0 Å². The molecule has 0 aliphatic carbocycles. The molecule has 3 aliphatic rings. The Morgan fingerprint density at radius 2 is 1.71 bits per heavy atom. The van der Waals surface area contributed by atoms with Crippen LogP contribution in [0, 0.1) is 11.8 Å². The Kier molecular flexibility index (Phi) is 10.1. The first-order chi connectivity index (χ1) is 19.7. The molecule has 3 fully saturated rings. The van der Waals surface area contributed by atoms with Crippen LogP contribution >= 0.6 is 11.8 Å². The van der Waals surface area contributed by atoms with Crippen molar-refractivity contribution < 1.29 is 19.5 Å². The predicted molar refractivity (Wildman–Crippen MR) is 165 cm³/mol. The molecule has 41 heavy (non-hydrogen) atoms. The molecule has 7 nitrogen and oxygen atoms in total. The van der Waals surface area contributed by atoms with Crippen LogP contribution in [-0.2, 0) is 14.4 Å². The third-order valence-electron chi connectivity index (χ3n) is 9.25. The van der Waals surface area contributed by atoms with E-state index in [0.717, 1.165) is 37.7 Å². The molecule has 8 heteroatoms. The number of fused-ring (bicyclic) bond motifs is 1. The molecular weight excluding hydrogens is 534 g/mol. The fourth-order valence-corrected chi connectivity index (χ4v) is 9.80. The Morgan fingerprint density at radius 3 is 2.29 bits per heavy atom. The lowest BCUT2D eigenvalue weighted by Gasteiger charge is -2.40. The number of hydrogen-bond acceptors (Lipinski definition) is 5. The van der Waals surface area contributed by atoms with Gasteiger partial charge >= 0.3 is 0 Å². The number of rotatable bonds is 15. The molecule has 2 unspecified atom stereocenters. The van der Waals surface area contributed by atoms with Gasteiger partial charge < -0.3 is 19.8 Å². The maximum Gasteiger partial charge on any atom is 0.247 e. The van der Waals surface area contributed by atoms with Gasteiger partial charge in [0, 0.05) is 30.9 Å². The molecule has 224 valence electrons. The molecule has 3 heterocycles. The van der Waals surface area contributed by atoms with E-state index in [-0.39, 0.29) is 24.3 Å². The fraction of sp³-hybridized carbons (Fsp3) is 0.606. The number of aliphatic hydroxyl groups excluding tert-OH is 1. The Labute approximate surface area is 250 Å². The van der Waals surface area contributed by atoms with Crippen LogP contribution in [0.15, 0.2) is 55.6 Å². The molecule has 1 aromatic rings. The molecule has 1 aromatic carbocycles. The van der Waals surface area contributed by atoms with E-state index in [1.807, 2.05) is 47.1 Å². The van der Waals surface area contributed by atoms with E-state index in [0.29, 0.717) is 32.6 Å². The molecule has 1 N–H and O–H groups in total. The van der Waals surface area contributed by atoms with Crippen molar-refractivity contribution >= 4 is 29.5 Å². The van der Waals surface area contributed by atoms with Crippen molar-refractivity contribution in [1.29, 1.82) is 0 Å². The second-order valence-electron chi connectivity index (χ2n) is 11.9. The van der Waals surface area contributed by atoms with Crippen molar-refractivity contribution in [2.24, 2.45) is 11.8 Å². The number of hydrogen-bond donors (Lipinski definition) is 1. The van der Waals surface area contributed by atoms with Gasteiger partial charge in [0.05, 0.1) is 29.2 Å². The summed E-state index contributed by atoms with van der Waals surface area (Å²) >= 11 is 1.68. The van der Waals surface area contributed by atoms with Gasteiger partial charge in [-0.3, -0.25) is 14.4 Å². The fourth-order valence-electron chi connectivity index (χ4n) is 7.47. The van der Waals surface area contributed by atoms with Crippen molar-refractivity contribution in [3.8, 4) is 0 Å². The number of carbonyl (C=O) groups excluding carboxylic acids is 3. The van der Waals surface area contributed by atoms with Crippen molar-refractivity contribution in [3.63, 3.8) is 0 Å². The van der Waals surface area contributed by atoms with Gasteiger partial charge in [0.1, 0.15) is 6.04 Å². The zero-order chi connectivity index (χ0) is 29.8. The van der Waals surface area contributed by atoms with Crippen molar-refractivity contribution in [2.45, 2.75) is 80.9 Å². The SMILES string of the molecule is C=CCN(CCCCC)C(=O)C1N([C@H](CO)c2ccccc2)C(=O)[C@@H]2[C@H](C(=O)N(CC=C)CCC)[C@]3(C)CCC12S3. The minimum absolute atomic E-state index is 0.0270. The van der Waals surface area contributed by atoms with E-state index in [1.54, 1.807) is 28.8 Å². The van der Waals surface area contributed by atoms with Gasteiger partial charge in [0.15, 0.2) is 0 Å². The number of unbranched alkanes of at least 4 members (excludes halogenated alkanes) is 2. The topological polar surface area (TPSA) is 81.2 Å². The summed E-state index contributed by atoms with van der Waals surface area (Å²) in [6, 6.07) is 8.00. The normalized spacial score (nSPS) is 28.8. The zero-order valence-corrected chi connectivity index (χ0v) is 25.8. The number of carbonyl (C=O) groups is 3. The maximum absolute atomic E-state index is 14.7. The van der Waals surface area contributed by atoms with Gasteiger partial charge in [-0.05, 0) is 38.2 Å². The molecule has 0 radical (unpaired) electrons.